The number of nitrogens with one attached hydrogen (secondary N) is 1. The maximum Gasteiger partial charge on any atom is 0.0568 e. The molecule has 0 heterocycles. The highest BCUT2D eigenvalue weighted by atomic mass is 79.9. The fourth-order valence-corrected chi connectivity index (χ4v) is 3.64. The minimum atomic E-state index is -0.00108. The highest BCUT2D eigenvalue weighted by molar-refractivity contribution is 9.10. The molecule has 0 aromatic heterocycles. The Hall–Kier alpha value is -0.250. The highest BCUT2D eigenvalue weighted by Crippen LogP contribution is 2.42. The Bertz CT molecular complexity index is 461. The lowest BCUT2D eigenvalue weighted by molar-refractivity contribution is 0.170. The summed E-state index contributed by atoms with van der Waals surface area (Å²) in [5.74, 6) is 0. The molecule has 1 aromatic carbocycles. The molecule has 1 aliphatic carbocycles. The molecule has 0 spiro atoms. The zero-order valence-corrected chi connectivity index (χ0v) is 13.9. The second-order valence-corrected chi connectivity index (χ2v) is 7.69. The average molecular weight is 346 g/mol. The van der Waals surface area contributed by atoms with Gasteiger partial charge in [-0.15, -0.1) is 0 Å². The van der Waals surface area contributed by atoms with Crippen molar-refractivity contribution in [1.82, 2.24) is 0 Å². The molecule has 1 unspecified atom stereocenters. The molecule has 0 bridgehead atoms. The lowest BCUT2D eigenvalue weighted by Crippen LogP contribution is -2.51. The van der Waals surface area contributed by atoms with Gasteiger partial charge in [-0.1, -0.05) is 31.9 Å². The third-order valence-corrected chi connectivity index (χ3v) is 5.28. The first-order valence-electron chi connectivity index (χ1n) is 6.79. The minimum absolute atomic E-state index is 0.00108. The molecule has 0 aliphatic heterocycles. The molecule has 1 atom stereocenters. The topological polar surface area (TPSA) is 38.0 Å². The molecule has 106 valence electrons. The van der Waals surface area contributed by atoms with Crippen LogP contribution >= 0.6 is 27.5 Å². The highest BCUT2D eigenvalue weighted by Gasteiger charge is 2.39. The number of halogens is 2. The van der Waals surface area contributed by atoms with E-state index in [4.69, 9.17) is 17.3 Å². The van der Waals surface area contributed by atoms with E-state index in [0.29, 0.717) is 12.0 Å². The Kier molecular flexibility index (Phi) is 4.49. The lowest BCUT2D eigenvalue weighted by atomic mass is 9.68. The molecule has 1 aliphatic rings. The van der Waals surface area contributed by atoms with E-state index in [-0.39, 0.29) is 5.54 Å². The van der Waals surface area contributed by atoms with E-state index in [1.807, 2.05) is 12.1 Å². The van der Waals surface area contributed by atoms with Gasteiger partial charge in [-0.25, -0.2) is 0 Å². The lowest BCUT2D eigenvalue weighted by Gasteiger charge is -2.45. The van der Waals surface area contributed by atoms with Crippen molar-refractivity contribution in [2.24, 2.45) is 11.1 Å². The summed E-state index contributed by atoms with van der Waals surface area (Å²) >= 11 is 9.58. The van der Waals surface area contributed by atoms with Crippen LogP contribution in [0.1, 0.15) is 39.5 Å². The zero-order valence-electron chi connectivity index (χ0n) is 11.6. The number of benzene rings is 1. The van der Waals surface area contributed by atoms with E-state index in [1.54, 1.807) is 0 Å². The fourth-order valence-electron chi connectivity index (χ4n) is 3.21. The number of anilines is 1. The van der Waals surface area contributed by atoms with E-state index in [2.05, 4.69) is 41.2 Å². The Morgan fingerprint density at radius 1 is 1.37 bits per heavy atom. The molecule has 0 radical (unpaired) electrons. The third kappa shape index (κ3) is 3.65. The summed E-state index contributed by atoms with van der Waals surface area (Å²) < 4.78 is 0.922. The van der Waals surface area contributed by atoms with Gasteiger partial charge in [0.1, 0.15) is 0 Å². The van der Waals surface area contributed by atoms with Crippen LogP contribution in [0, 0.1) is 5.41 Å². The van der Waals surface area contributed by atoms with Gasteiger partial charge in [-0.3, -0.25) is 0 Å². The van der Waals surface area contributed by atoms with Crippen LogP contribution in [0.3, 0.4) is 0 Å². The molecule has 0 saturated heterocycles. The fraction of sp³-hybridized carbons (Fsp3) is 0.600. The van der Waals surface area contributed by atoms with Crippen LogP contribution < -0.4 is 11.1 Å². The first-order chi connectivity index (χ1) is 8.86. The molecular weight excluding hydrogens is 324 g/mol. The molecule has 0 amide bonds. The van der Waals surface area contributed by atoms with E-state index in [9.17, 15) is 0 Å². The molecule has 1 aromatic rings. The standard InChI is InChI=1S/C15H22BrClN2/c1-14(2)6-3-7-15(9-14,10-18)19-11-4-5-12(16)13(17)8-11/h4-5,8,19H,3,6-7,9-10,18H2,1-2H3. The molecule has 1 fully saturated rings. The maximum atomic E-state index is 6.16. The van der Waals surface area contributed by atoms with Crippen molar-refractivity contribution >= 4 is 33.2 Å². The molecule has 2 nitrogen and oxygen atoms in total. The van der Waals surface area contributed by atoms with Gasteiger partial charge >= 0.3 is 0 Å². The molecule has 4 heteroatoms. The first-order valence-corrected chi connectivity index (χ1v) is 7.96. The predicted octanol–water partition coefficient (Wildman–Crippen LogP) is 4.81. The quantitative estimate of drug-likeness (QED) is 0.825. The van der Waals surface area contributed by atoms with Gasteiger partial charge in [-0.05, 0) is 58.8 Å². The van der Waals surface area contributed by atoms with Gasteiger partial charge in [0, 0.05) is 16.7 Å². The average Bonchev–Trinajstić information content (AvgIpc) is 2.33. The summed E-state index contributed by atoms with van der Waals surface area (Å²) in [6.07, 6.45) is 4.73. The summed E-state index contributed by atoms with van der Waals surface area (Å²) in [5.41, 5.74) is 7.47. The summed E-state index contributed by atoms with van der Waals surface area (Å²) in [6, 6.07) is 5.99. The number of hydrogen-bond acceptors (Lipinski definition) is 2. The SMILES string of the molecule is CC1(C)CCCC(CN)(Nc2ccc(Br)c(Cl)c2)C1. The van der Waals surface area contributed by atoms with Crippen molar-refractivity contribution in [1.29, 1.82) is 0 Å². The summed E-state index contributed by atoms with van der Waals surface area (Å²) in [7, 11) is 0. The summed E-state index contributed by atoms with van der Waals surface area (Å²) in [5, 5.41) is 4.37. The van der Waals surface area contributed by atoms with Crippen LogP contribution in [0.15, 0.2) is 22.7 Å². The van der Waals surface area contributed by atoms with Crippen LogP contribution in [-0.4, -0.2) is 12.1 Å². The molecule has 3 N–H and O–H groups in total. The smallest absolute Gasteiger partial charge is 0.0568 e. The van der Waals surface area contributed by atoms with Gasteiger partial charge < -0.3 is 11.1 Å². The van der Waals surface area contributed by atoms with Crippen LogP contribution in [0.5, 0.6) is 0 Å². The van der Waals surface area contributed by atoms with E-state index in [1.165, 1.54) is 12.8 Å². The Balaban J connectivity index is 2.20. The van der Waals surface area contributed by atoms with Gasteiger partial charge in [-0.2, -0.15) is 0 Å². The number of hydrogen-bond donors (Lipinski definition) is 2. The summed E-state index contributed by atoms with van der Waals surface area (Å²) in [6.45, 7) is 5.31. The van der Waals surface area contributed by atoms with E-state index in [0.717, 1.165) is 28.0 Å². The normalized spacial score (nSPS) is 26.2. The number of nitrogens with two attached hydrogens (primary N) is 1. The Labute approximate surface area is 129 Å². The van der Waals surface area contributed by atoms with Gasteiger partial charge in [0.15, 0.2) is 0 Å². The van der Waals surface area contributed by atoms with Crippen molar-refractivity contribution in [2.75, 3.05) is 11.9 Å². The monoisotopic (exact) mass is 344 g/mol. The van der Waals surface area contributed by atoms with Gasteiger partial charge in [0.25, 0.3) is 0 Å². The third-order valence-electron chi connectivity index (χ3n) is 4.05. The number of rotatable bonds is 3. The van der Waals surface area contributed by atoms with E-state index >= 15 is 0 Å². The van der Waals surface area contributed by atoms with Crippen molar-refractivity contribution in [3.63, 3.8) is 0 Å². The van der Waals surface area contributed by atoms with Crippen LogP contribution in [-0.2, 0) is 0 Å². The minimum Gasteiger partial charge on any atom is -0.378 e. The predicted molar refractivity (Wildman–Crippen MR) is 86.8 cm³/mol. The van der Waals surface area contributed by atoms with Crippen molar-refractivity contribution in [3.05, 3.63) is 27.7 Å². The second kappa shape index (κ2) is 5.63. The molecule has 2 rings (SSSR count). The zero-order chi connectivity index (χ0) is 14.1. The van der Waals surface area contributed by atoms with Gasteiger partial charge in [0.05, 0.1) is 10.6 Å². The Morgan fingerprint density at radius 2 is 2.11 bits per heavy atom. The molecule has 19 heavy (non-hydrogen) atoms. The largest absolute Gasteiger partial charge is 0.378 e. The second-order valence-electron chi connectivity index (χ2n) is 6.43. The van der Waals surface area contributed by atoms with Crippen molar-refractivity contribution in [3.8, 4) is 0 Å². The van der Waals surface area contributed by atoms with Crippen LogP contribution in [0.2, 0.25) is 5.02 Å². The van der Waals surface area contributed by atoms with Gasteiger partial charge in [0.2, 0.25) is 0 Å². The summed E-state index contributed by atoms with van der Waals surface area (Å²) in [4.78, 5) is 0. The van der Waals surface area contributed by atoms with Crippen LogP contribution in [0.4, 0.5) is 5.69 Å². The molecular formula is C15H22BrClN2. The first kappa shape index (κ1) is 15.1. The Morgan fingerprint density at radius 3 is 2.68 bits per heavy atom. The van der Waals surface area contributed by atoms with Crippen LogP contribution in [0.25, 0.3) is 0 Å². The van der Waals surface area contributed by atoms with Crippen molar-refractivity contribution in [2.45, 2.75) is 45.1 Å². The van der Waals surface area contributed by atoms with E-state index < -0.39 is 0 Å². The maximum absolute atomic E-state index is 6.16. The molecule has 1 saturated carbocycles. The van der Waals surface area contributed by atoms with Crippen molar-refractivity contribution < 1.29 is 0 Å².